The number of fused-ring (bicyclic) bond motifs is 1. The smallest absolute Gasteiger partial charge is 0.307 e. The van der Waals surface area contributed by atoms with E-state index in [0.29, 0.717) is 22.3 Å². The Morgan fingerprint density at radius 2 is 2.12 bits per heavy atom. The number of nitrogens with zero attached hydrogens (tertiary/aromatic N) is 2. The summed E-state index contributed by atoms with van der Waals surface area (Å²) >= 11 is 3.35. The molecule has 3 aromatic rings. The maximum absolute atomic E-state index is 12.2. The zero-order valence-electron chi connectivity index (χ0n) is 13.4. The Morgan fingerprint density at radius 3 is 2.85 bits per heavy atom. The van der Waals surface area contributed by atoms with Gasteiger partial charge in [0.1, 0.15) is 11.3 Å². The van der Waals surface area contributed by atoms with Gasteiger partial charge in [-0.25, -0.2) is 5.43 Å². The maximum Gasteiger partial charge on any atom is 0.307 e. The van der Waals surface area contributed by atoms with E-state index in [2.05, 4.69) is 26.5 Å². The van der Waals surface area contributed by atoms with Gasteiger partial charge >= 0.3 is 5.91 Å². The van der Waals surface area contributed by atoms with Gasteiger partial charge in [0.15, 0.2) is 5.76 Å². The zero-order valence-corrected chi connectivity index (χ0v) is 15.0. The van der Waals surface area contributed by atoms with E-state index in [0.717, 1.165) is 4.47 Å². The van der Waals surface area contributed by atoms with Crippen LogP contribution in [0.1, 0.15) is 16.1 Å². The number of nitro benzene ring substituents is 1. The van der Waals surface area contributed by atoms with Crippen LogP contribution in [-0.2, 0) is 0 Å². The lowest BCUT2D eigenvalue weighted by Gasteiger charge is -2.04. The number of furan rings is 1. The highest BCUT2D eigenvalue weighted by molar-refractivity contribution is 9.10. The average molecular weight is 418 g/mol. The minimum atomic E-state index is -0.575. The van der Waals surface area contributed by atoms with Crippen LogP contribution in [0.5, 0.6) is 5.75 Å². The third-order valence-electron chi connectivity index (χ3n) is 3.50. The van der Waals surface area contributed by atoms with Crippen LogP contribution < -0.4 is 10.2 Å². The Hall–Kier alpha value is -3.20. The Kier molecular flexibility index (Phi) is 4.99. The summed E-state index contributed by atoms with van der Waals surface area (Å²) < 4.78 is 11.4. The molecule has 132 valence electrons. The minimum Gasteiger partial charge on any atom is -0.496 e. The van der Waals surface area contributed by atoms with Gasteiger partial charge in [0.2, 0.25) is 0 Å². The molecule has 0 atom stereocenters. The fraction of sp³-hybridized carbons (Fsp3) is 0.0588. The molecule has 0 radical (unpaired) electrons. The molecular formula is C17H12BrN3O5. The highest BCUT2D eigenvalue weighted by Gasteiger charge is 2.14. The number of hydrogen-bond donors (Lipinski definition) is 1. The summed E-state index contributed by atoms with van der Waals surface area (Å²) in [5, 5.41) is 15.2. The molecule has 0 aliphatic carbocycles. The van der Waals surface area contributed by atoms with Crippen LogP contribution in [0, 0.1) is 10.1 Å². The first-order valence-corrected chi connectivity index (χ1v) is 8.12. The van der Waals surface area contributed by atoms with E-state index in [1.807, 2.05) is 6.07 Å². The Balaban J connectivity index is 1.77. The van der Waals surface area contributed by atoms with Crippen molar-refractivity contribution < 1.29 is 18.9 Å². The molecule has 1 heterocycles. The summed E-state index contributed by atoms with van der Waals surface area (Å²) in [5.41, 5.74) is 3.31. The van der Waals surface area contributed by atoms with Crippen molar-refractivity contribution >= 4 is 44.7 Å². The predicted molar refractivity (Wildman–Crippen MR) is 98.6 cm³/mol. The number of halogens is 1. The molecule has 9 heteroatoms. The van der Waals surface area contributed by atoms with Gasteiger partial charge in [-0.2, -0.15) is 5.10 Å². The van der Waals surface area contributed by atoms with Crippen molar-refractivity contribution in [3.8, 4) is 5.75 Å². The summed E-state index contributed by atoms with van der Waals surface area (Å²) in [7, 11) is 1.53. The number of hydrazone groups is 1. The van der Waals surface area contributed by atoms with Gasteiger partial charge in [0.25, 0.3) is 5.69 Å². The SMILES string of the molecule is COc1ccc(Br)cc1/C=N\NC(=O)c1cc2cc([N+](=O)[O-])ccc2o1. The molecular weight excluding hydrogens is 406 g/mol. The highest BCUT2D eigenvalue weighted by atomic mass is 79.9. The van der Waals surface area contributed by atoms with Crippen molar-refractivity contribution in [1.82, 2.24) is 5.43 Å². The Labute approximate surface area is 155 Å². The Morgan fingerprint density at radius 1 is 1.31 bits per heavy atom. The van der Waals surface area contributed by atoms with E-state index in [9.17, 15) is 14.9 Å². The molecule has 0 fully saturated rings. The first-order valence-electron chi connectivity index (χ1n) is 7.33. The number of ether oxygens (including phenoxy) is 1. The maximum atomic E-state index is 12.2. The monoisotopic (exact) mass is 417 g/mol. The average Bonchev–Trinajstić information content (AvgIpc) is 3.05. The third kappa shape index (κ3) is 3.72. The standard InChI is InChI=1S/C17H12BrN3O5/c1-25-14-4-2-12(18)6-11(14)9-19-20-17(22)16-8-10-7-13(21(23)24)3-5-15(10)26-16/h2-9H,1H3,(H,20,22)/b19-9-. The molecule has 0 bridgehead atoms. The number of nitrogens with one attached hydrogen (secondary N) is 1. The fourth-order valence-electron chi connectivity index (χ4n) is 2.28. The molecule has 0 aliphatic rings. The van der Waals surface area contributed by atoms with Crippen LogP contribution in [0.3, 0.4) is 0 Å². The second-order valence-corrected chi connectivity index (χ2v) is 6.09. The van der Waals surface area contributed by atoms with Gasteiger partial charge in [0, 0.05) is 27.6 Å². The molecule has 0 unspecified atom stereocenters. The molecule has 1 aromatic heterocycles. The van der Waals surface area contributed by atoms with E-state index in [-0.39, 0.29) is 11.4 Å². The van der Waals surface area contributed by atoms with Gasteiger partial charge in [0.05, 0.1) is 18.2 Å². The quantitative estimate of drug-likeness (QED) is 0.385. The first kappa shape index (κ1) is 17.6. The lowest BCUT2D eigenvalue weighted by Crippen LogP contribution is -2.16. The predicted octanol–water partition coefficient (Wildman–Crippen LogP) is 3.88. The summed E-state index contributed by atoms with van der Waals surface area (Å²) in [6, 6.07) is 10.9. The lowest BCUT2D eigenvalue weighted by atomic mass is 10.2. The van der Waals surface area contributed by atoms with E-state index in [1.165, 1.54) is 37.6 Å². The molecule has 1 N–H and O–H groups in total. The van der Waals surface area contributed by atoms with E-state index >= 15 is 0 Å². The number of hydrogen-bond acceptors (Lipinski definition) is 6. The molecule has 2 aromatic carbocycles. The van der Waals surface area contributed by atoms with Gasteiger partial charge in [-0.3, -0.25) is 14.9 Å². The number of benzene rings is 2. The summed E-state index contributed by atoms with van der Waals surface area (Å²) in [6.45, 7) is 0. The normalized spacial score (nSPS) is 11.0. The number of carbonyl (C=O) groups excluding carboxylic acids is 1. The number of amides is 1. The zero-order chi connectivity index (χ0) is 18.7. The third-order valence-corrected chi connectivity index (χ3v) is 3.99. The van der Waals surface area contributed by atoms with Crippen LogP contribution in [0.25, 0.3) is 11.0 Å². The number of methoxy groups -OCH3 is 1. The second-order valence-electron chi connectivity index (χ2n) is 5.18. The van der Waals surface area contributed by atoms with Gasteiger partial charge in [-0.1, -0.05) is 15.9 Å². The van der Waals surface area contributed by atoms with Crippen molar-refractivity contribution in [2.75, 3.05) is 7.11 Å². The largest absolute Gasteiger partial charge is 0.496 e. The van der Waals surface area contributed by atoms with Crippen LogP contribution >= 0.6 is 15.9 Å². The summed E-state index contributed by atoms with van der Waals surface area (Å²) in [6.07, 6.45) is 1.44. The first-order chi connectivity index (χ1) is 12.5. The van der Waals surface area contributed by atoms with E-state index in [4.69, 9.17) is 9.15 Å². The second kappa shape index (κ2) is 7.36. The number of non-ortho nitro benzene ring substituents is 1. The lowest BCUT2D eigenvalue weighted by molar-refractivity contribution is -0.384. The fourth-order valence-corrected chi connectivity index (χ4v) is 2.66. The molecule has 26 heavy (non-hydrogen) atoms. The Bertz CT molecular complexity index is 1030. The van der Waals surface area contributed by atoms with Crippen molar-refractivity contribution in [2.24, 2.45) is 5.10 Å². The van der Waals surface area contributed by atoms with E-state index < -0.39 is 10.8 Å². The molecule has 8 nitrogen and oxygen atoms in total. The molecule has 0 aliphatic heterocycles. The molecule has 0 saturated carbocycles. The molecule has 0 spiro atoms. The highest BCUT2D eigenvalue weighted by Crippen LogP contribution is 2.24. The summed E-state index contributed by atoms with van der Waals surface area (Å²) in [5.74, 6) is 0.0233. The minimum absolute atomic E-state index is 0.00106. The van der Waals surface area contributed by atoms with Gasteiger partial charge in [-0.15, -0.1) is 0 Å². The topological polar surface area (TPSA) is 107 Å². The van der Waals surface area contributed by atoms with Crippen molar-refractivity contribution in [3.63, 3.8) is 0 Å². The van der Waals surface area contributed by atoms with Crippen molar-refractivity contribution in [2.45, 2.75) is 0 Å². The summed E-state index contributed by atoms with van der Waals surface area (Å²) in [4.78, 5) is 22.4. The number of nitro groups is 1. The van der Waals surface area contributed by atoms with Crippen LogP contribution in [0.2, 0.25) is 0 Å². The number of rotatable bonds is 5. The van der Waals surface area contributed by atoms with Crippen molar-refractivity contribution in [1.29, 1.82) is 0 Å². The van der Waals surface area contributed by atoms with E-state index in [1.54, 1.807) is 12.1 Å². The van der Waals surface area contributed by atoms with Crippen LogP contribution in [0.15, 0.2) is 56.5 Å². The molecule has 3 rings (SSSR count). The molecule has 0 saturated heterocycles. The van der Waals surface area contributed by atoms with Gasteiger partial charge in [-0.05, 0) is 30.3 Å². The van der Waals surface area contributed by atoms with Crippen molar-refractivity contribution in [3.05, 3.63) is 68.4 Å². The number of carbonyl (C=O) groups is 1. The molecule has 1 amide bonds. The van der Waals surface area contributed by atoms with Crippen LogP contribution in [0.4, 0.5) is 5.69 Å². The van der Waals surface area contributed by atoms with Gasteiger partial charge < -0.3 is 9.15 Å². The van der Waals surface area contributed by atoms with Crippen LogP contribution in [-0.4, -0.2) is 24.2 Å².